The molecule has 0 amide bonds. The van der Waals surface area contributed by atoms with Gasteiger partial charge in [-0.2, -0.15) is 0 Å². The predicted octanol–water partition coefficient (Wildman–Crippen LogP) is -2.82. The van der Waals surface area contributed by atoms with E-state index in [1.165, 1.54) is 31.4 Å². The first-order chi connectivity index (χ1) is 23.5. The van der Waals surface area contributed by atoms with Gasteiger partial charge in [0.15, 0.2) is 17.1 Å². The van der Waals surface area contributed by atoms with Gasteiger partial charge in [-0.15, -0.1) is 0 Å². The van der Waals surface area contributed by atoms with Crippen molar-refractivity contribution in [3.63, 3.8) is 0 Å². The highest BCUT2D eigenvalue weighted by atomic mass is 16.7. The van der Waals surface area contributed by atoms with Crippen LogP contribution in [0, 0.1) is 0 Å². The number of benzene rings is 1. The van der Waals surface area contributed by atoms with Crippen LogP contribution in [0.2, 0.25) is 0 Å². The first kappa shape index (κ1) is 40.4. The zero-order valence-corrected chi connectivity index (χ0v) is 27.3. The minimum Gasteiger partial charge on any atom is -0.504 e. The summed E-state index contributed by atoms with van der Waals surface area (Å²) in [6.45, 7) is -0.0122. The van der Waals surface area contributed by atoms with Gasteiger partial charge in [0.1, 0.15) is 49.3 Å². The largest absolute Gasteiger partial charge is 0.504 e. The lowest BCUT2D eigenvalue weighted by atomic mass is 9.79. The standard InChI is InChI=1S/C31H42O19/c1-14(33)47-20-12-31(43,11-18(35)24(20)38)30(42)48-16(9-22(36)45-3)10-23(37)46-6-4-5-15-7-17(34)28(19(8-15)44-2)50-29-27(41)26(40)25(39)21(13-32)49-29/h4-5,7-8,16,18,20-21,24-27,29,32,34-35,38-41,43H,6,9-13H2,1-3H3/b5-4+/t16-,18+,20+,21+,24+,25+,26-,27+,29-,31-/m0/s1. The van der Waals surface area contributed by atoms with Crippen LogP contribution in [0.15, 0.2) is 18.2 Å². The Labute approximate surface area is 285 Å². The fourth-order valence-electron chi connectivity index (χ4n) is 5.25. The molecule has 2 fully saturated rings. The summed E-state index contributed by atoms with van der Waals surface area (Å²) in [6, 6.07) is 2.60. The molecule has 1 aromatic rings. The summed E-state index contributed by atoms with van der Waals surface area (Å²) in [5, 5.41) is 81.4. The Bertz CT molecular complexity index is 1380. The lowest BCUT2D eigenvalue weighted by molar-refractivity contribution is -0.277. The molecule has 50 heavy (non-hydrogen) atoms. The lowest BCUT2D eigenvalue weighted by Crippen LogP contribution is -2.60. The van der Waals surface area contributed by atoms with Crippen LogP contribution in [-0.4, -0.2) is 153 Å². The van der Waals surface area contributed by atoms with Gasteiger partial charge in [0, 0.05) is 19.8 Å². The van der Waals surface area contributed by atoms with Gasteiger partial charge in [-0.25, -0.2) is 4.79 Å². The number of hydrogen-bond donors (Lipinski definition) is 8. The van der Waals surface area contributed by atoms with Gasteiger partial charge >= 0.3 is 23.9 Å². The third-order valence-corrected chi connectivity index (χ3v) is 7.86. The third-order valence-electron chi connectivity index (χ3n) is 7.86. The fraction of sp³-hybridized carbons (Fsp3) is 0.613. The summed E-state index contributed by atoms with van der Waals surface area (Å²) in [6.07, 6.45) is -14.0. The molecule has 1 aromatic carbocycles. The number of hydrogen-bond acceptors (Lipinski definition) is 19. The van der Waals surface area contributed by atoms with E-state index in [4.69, 9.17) is 28.4 Å². The molecule has 1 heterocycles. The highest BCUT2D eigenvalue weighted by Gasteiger charge is 2.52. The average Bonchev–Trinajstić information content (AvgIpc) is 3.05. The number of phenols is 1. The van der Waals surface area contributed by atoms with Crippen molar-refractivity contribution in [1.82, 2.24) is 0 Å². The quantitative estimate of drug-likeness (QED) is 0.0711. The van der Waals surface area contributed by atoms with Crippen LogP contribution in [-0.2, 0) is 42.9 Å². The first-order valence-electron chi connectivity index (χ1n) is 15.3. The zero-order valence-electron chi connectivity index (χ0n) is 27.3. The van der Waals surface area contributed by atoms with Gasteiger partial charge in [0.2, 0.25) is 12.0 Å². The second kappa shape index (κ2) is 17.7. The van der Waals surface area contributed by atoms with E-state index in [9.17, 15) is 60.0 Å². The average molecular weight is 719 g/mol. The number of aromatic hydroxyl groups is 1. The van der Waals surface area contributed by atoms with Gasteiger partial charge in [0.05, 0.1) is 39.8 Å². The number of phenolic OH excluding ortho intramolecular Hbond substituents is 1. The van der Waals surface area contributed by atoms with E-state index in [2.05, 4.69) is 4.74 Å². The first-order valence-corrected chi connectivity index (χ1v) is 15.3. The molecule has 19 nitrogen and oxygen atoms in total. The van der Waals surface area contributed by atoms with Crippen LogP contribution in [0.1, 0.15) is 38.2 Å². The molecule has 0 unspecified atom stereocenters. The molecule has 8 N–H and O–H groups in total. The number of aliphatic hydroxyl groups excluding tert-OH is 6. The Morgan fingerprint density at radius 2 is 1.66 bits per heavy atom. The highest BCUT2D eigenvalue weighted by Crippen LogP contribution is 2.40. The van der Waals surface area contributed by atoms with Crippen molar-refractivity contribution in [1.29, 1.82) is 0 Å². The Kier molecular flexibility index (Phi) is 14.3. The topological polar surface area (TPSA) is 295 Å². The molecule has 1 aliphatic heterocycles. The summed E-state index contributed by atoms with van der Waals surface area (Å²) in [7, 11) is 2.31. The van der Waals surface area contributed by atoms with E-state index >= 15 is 0 Å². The molecule has 10 atom stereocenters. The minimum absolute atomic E-state index is 0.0492. The van der Waals surface area contributed by atoms with Crippen LogP contribution in [0.3, 0.4) is 0 Å². The van der Waals surface area contributed by atoms with Crippen molar-refractivity contribution >= 4 is 30.0 Å². The smallest absolute Gasteiger partial charge is 0.338 e. The zero-order chi connectivity index (χ0) is 37.3. The minimum atomic E-state index is -2.44. The number of carbonyl (C=O) groups is 4. The van der Waals surface area contributed by atoms with Gasteiger partial charge in [-0.1, -0.05) is 6.08 Å². The van der Waals surface area contributed by atoms with E-state index in [-0.39, 0.29) is 18.1 Å². The Balaban J connectivity index is 1.63. The predicted molar refractivity (Wildman–Crippen MR) is 162 cm³/mol. The number of esters is 4. The molecule has 19 heteroatoms. The Hall–Kier alpha value is -4.08. The van der Waals surface area contributed by atoms with Crippen molar-refractivity contribution in [3.05, 3.63) is 23.8 Å². The molecule has 280 valence electrons. The van der Waals surface area contributed by atoms with Crippen molar-refractivity contribution in [2.45, 2.75) is 93.3 Å². The van der Waals surface area contributed by atoms with E-state index in [0.29, 0.717) is 5.56 Å². The summed E-state index contributed by atoms with van der Waals surface area (Å²) in [5.41, 5.74) is -2.13. The van der Waals surface area contributed by atoms with Gasteiger partial charge in [-0.05, 0) is 23.8 Å². The van der Waals surface area contributed by atoms with Gasteiger partial charge < -0.3 is 74.0 Å². The Morgan fingerprint density at radius 3 is 2.28 bits per heavy atom. The second-order valence-electron chi connectivity index (χ2n) is 11.6. The fourth-order valence-corrected chi connectivity index (χ4v) is 5.25. The lowest BCUT2D eigenvalue weighted by Gasteiger charge is -2.40. The molecule has 1 saturated heterocycles. The monoisotopic (exact) mass is 718 g/mol. The number of aliphatic hydroxyl groups is 7. The molecule has 0 spiro atoms. The molecule has 2 aliphatic rings. The van der Waals surface area contributed by atoms with Crippen LogP contribution in [0.4, 0.5) is 0 Å². The normalized spacial score (nSPS) is 30.2. The molecule has 0 bridgehead atoms. The van der Waals surface area contributed by atoms with Crippen LogP contribution >= 0.6 is 0 Å². The van der Waals surface area contributed by atoms with Crippen LogP contribution in [0.5, 0.6) is 17.2 Å². The molecule has 1 saturated carbocycles. The van der Waals surface area contributed by atoms with E-state index in [1.54, 1.807) is 0 Å². The van der Waals surface area contributed by atoms with Crippen LogP contribution < -0.4 is 9.47 Å². The summed E-state index contributed by atoms with van der Waals surface area (Å²) in [5.74, 6) is -4.84. The maximum absolute atomic E-state index is 13.0. The molecule has 3 rings (SSSR count). The number of carbonyl (C=O) groups excluding carboxylic acids is 4. The second-order valence-corrected chi connectivity index (χ2v) is 11.6. The summed E-state index contributed by atoms with van der Waals surface area (Å²) >= 11 is 0. The maximum atomic E-state index is 13.0. The number of methoxy groups -OCH3 is 2. The Morgan fingerprint density at radius 1 is 0.980 bits per heavy atom. The van der Waals surface area contributed by atoms with E-state index in [0.717, 1.165) is 14.0 Å². The third kappa shape index (κ3) is 10.2. The highest BCUT2D eigenvalue weighted by molar-refractivity contribution is 5.81. The summed E-state index contributed by atoms with van der Waals surface area (Å²) < 4.78 is 35.9. The molecular formula is C31H42O19. The molecule has 0 aromatic heterocycles. The molecule has 0 radical (unpaired) electrons. The van der Waals surface area contributed by atoms with Crippen molar-refractivity contribution < 1.29 is 93.2 Å². The number of rotatable bonds is 14. The van der Waals surface area contributed by atoms with E-state index in [1.807, 2.05) is 0 Å². The van der Waals surface area contributed by atoms with Crippen molar-refractivity contribution in [2.75, 3.05) is 27.4 Å². The SMILES string of the molecule is COC(=O)C[C@@H](CC(=O)OC/C=C/c1cc(O)c(O[C@@H]2O[C@H](CO)[C@@H](O)[C@H](O)[C@H]2O)c(OC)c1)OC(=O)[C@]1(O)C[C@@H](O)[C@@H](O)[C@H](OC(C)=O)C1. The summed E-state index contributed by atoms with van der Waals surface area (Å²) in [4.78, 5) is 48.9. The van der Waals surface area contributed by atoms with Gasteiger partial charge in [-0.3, -0.25) is 14.4 Å². The molecule has 1 aliphatic carbocycles. The van der Waals surface area contributed by atoms with Crippen molar-refractivity contribution in [2.24, 2.45) is 0 Å². The van der Waals surface area contributed by atoms with Crippen LogP contribution in [0.25, 0.3) is 6.08 Å². The van der Waals surface area contributed by atoms with Crippen molar-refractivity contribution in [3.8, 4) is 17.2 Å². The molecular weight excluding hydrogens is 676 g/mol. The van der Waals surface area contributed by atoms with Gasteiger partial charge in [0.25, 0.3) is 0 Å². The van der Waals surface area contributed by atoms with E-state index < -0.39 is 123 Å². The number of ether oxygens (including phenoxy) is 7. The maximum Gasteiger partial charge on any atom is 0.338 e.